The van der Waals surface area contributed by atoms with E-state index in [-0.39, 0.29) is 5.25 Å². The number of hydrogen-bond acceptors (Lipinski definition) is 3. The molecule has 2 aromatic rings. The zero-order valence-corrected chi connectivity index (χ0v) is 8.51. The van der Waals surface area contributed by atoms with E-state index in [0.717, 1.165) is 16.2 Å². The highest BCUT2D eigenvalue weighted by Gasteiger charge is 2.06. The lowest BCUT2D eigenvalue weighted by Gasteiger charge is -1.95. The Kier molecular flexibility index (Phi) is 2.42. The van der Waals surface area contributed by atoms with Gasteiger partial charge in [0.2, 0.25) is 0 Å². The minimum atomic E-state index is -0.0736. The van der Waals surface area contributed by atoms with Gasteiger partial charge in [-0.2, -0.15) is 5.26 Å². The first-order valence-corrected chi connectivity index (χ1v) is 5.18. The van der Waals surface area contributed by atoms with E-state index in [2.05, 4.69) is 16.0 Å². The Balaban J connectivity index is 2.32. The monoisotopic (exact) mass is 203 g/mol. The molecule has 0 saturated carbocycles. The summed E-state index contributed by atoms with van der Waals surface area (Å²) >= 11 is 1.44. The van der Waals surface area contributed by atoms with Crippen molar-refractivity contribution in [2.24, 2.45) is 0 Å². The number of nitrogens with one attached hydrogen (secondary N) is 1. The number of nitriles is 1. The first-order valence-electron chi connectivity index (χ1n) is 4.30. The maximum atomic E-state index is 8.66. The van der Waals surface area contributed by atoms with Crippen LogP contribution < -0.4 is 0 Å². The van der Waals surface area contributed by atoms with Gasteiger partial charge >= 0.3 is 0 Å². The van der Waals surface area contributed by atoms with E-state index in [1.54, 1.807) is 0 Å². The van der Waals surface area contributed by atoms with Crippen LogP contribution >= 0.6 is 11.8 Å². The number of nitrogens with zero attached hydrogens (tertiary/aromatic N) is 2. The summed E-state index contributed by atoms with van der Waals surface area (Å²) < 4.78 is 0. The fraction of sp³-hybridized carbons (Fsp3) is 0.200. The zero-order valence-electron chi connectivity index (χ0n) is 7.69. The largest absolute Gasteiger partial charge is 0.333 e. The van der Waals surface area contributed by atoms with Crippen molar-refractivity contribution < 1.29 is 0 Å². The van der Waals surface area contributed by atoms with Crippen LogP contribution in [0.25, 0.3) is 11.0 Å². The molecule has 1 atom stereocenters. The normalized spacial score (nSPS) is 12.6. The van der Waals surface area contributed by atoms with Crippen LogP contribution in [0, 0.1) is 11.3 Å². The third-order valence-electron chi connectivity index (χ3n) is 1.84. The standard InChI is InChI=1S/C10H9N3S/c1-7(6-11)14-10-12-8-4-2-3-5-9(8)13-10/h2-5,7H,1H3,(H,12,13). The molecule has 1 aromatic heterocycles. The molecule has 3 nitrogen and oxygen atoms in total. The number of imidazole rings is 1. The fourth-order valence-electron chi connectivity index (χ4n) is 1.18. The summed E-state index contributed by atoms with van der Waals surface area (Å²) in [6.07, 6.45) is 0. The summed E-state index contributed by atoms with van der Waals surface area (Å²) in [7, 11) is 0. The molecule has 1 heterocycles. The number of aromatic nitrogens is 2. The van der Waals surface area contributed by atoms with Crippen molar-refractivity contribution in [2.75, 3.05) is 0 Å². The number of fused-ring (bicyclic) bond motifs is 1. The Labute approximate surface area is 86.2 Å². The molecule has 0 aliphatic carbocycles. The van der Waals surface area contributed by atoms with Crippen LogP contribution in [-0.4, -0.2) is 15.2 Å². The molecule has 4 heteroatoms. The van der Waals surface area contributed by atoms with Gasteiger partial charge in [-0.15, -0.1) is 0 Å². The van der Waals surface area contributed by atoms with Crippen LogP contribution in [0.4, 0.5) is 0 Å². The van der Waals surface area contributed by atoms with Gasteiger partial charge in [0, 0.05) is 0 Å². The van der Waals surface area contributed by atoms with Gasteiger partial charge in [-0.05, 0) is 19.1 Å². The minimum absolute atomic E-state index is 0.0736. The van der Waals surface area contributed by atoms with E-state index in [9.17, 15) is 0 Å². The van der Waals surface area contributed by atoms with E-state index < -0.39 is 0 Å². The van der Waals surface area contributed by atoms with E-state index >= 15 is 0 Å². The molecule has 0 spiro atoms. The van der Waals surface area contributed by atoms with Gasteiger partial charge in [0.25, 0.3) is 0 Å². The van der Waals surface area contributed by atoms with Gasteiger partial charge in [-0.25, -0.2) is 4.98 Å². The fourth-order valence-corrected chi connectivity index (χ4v) is 1.89. The molecule has 14 heavy (non-hydrogen) atoms. The first kappa shape index (κ1) is 9.10. The van der Waals surface area contributed by atoms with Crippen molar-refractivity contribution in [1.29, 1.82) is 5.26 Å². The lowest BCUT2D eigenvalue weighted by molar-refractivity contribution is 1.07. The van der Waals surface area contributed by atoms with Gasteiger partial charge in [0.1, 0.15) is 0 Å². The minimum Gasteiger partial charge on any atom is -0.333 e. The molecule has 0 saturated heterocycles. The molecule has 2 rings (SSSR count). The molecule has 1 unspecified atom stereocenters. The lowest BCUT2D eigenvalue weighted by atomic mass is 10.3. The highest BCUT2D eigenvalue weighted by Crippen LogP contribution is 2.22. The zero-order chi connectivity index (χ0) is 9.97. The summed E-state index contributed by atoms with van der Waals surface area (Å²) in [5, 5.41) is 9.39. The topological polar surface area (TPSA) is 52.5 Å². The van der Waals surface area contributed by atoms with Crippen LogP contribution in [0.3, 0.4) is 0 Å². The Morgan fingerprint density at radius 2 is 2.29 bits per heavy atom. The number of H-pyrrole nitrogens is 1. The molecule has 1 N–H and O–H groups in total. The molecule has 70 valence electrons. The molecule has 0 aliphatic rings. The molecule has 0 amide bonds. The van der Waals surface area contributed by atoms with Gasteiger partial charge in [-0.3, -0.25) is 0 Å². The van der Waals surface area contributed by atoms with Crippen LogP contribution in [0.5, 0.6) is 0 Å². The van der Waals surface area contributed by atoms with Crippen LogP contribution in [0.15, 0.2) is 29.4 Å². The van der Waals surface area contributed by atoms with Gasteiger partial charge in [-0.1, -0.05) is 23.9 Å². The molecular weight excluding hydrogens is 194 g/mol. The maximum absolute atomic E-state index is 8.66. The predicted molar refractivity (Wildman–Crippen MR) is 57.0 cm³/mol. The number of rotatable bonds is 2. The van der Waals surface area contributed by atoms with Crippen molar-refractivity contribution in [3.05, 3.63) is 24.3 Å². The lowest BCUT2D eigenvalue weighted by Crippen LogP contribution is -1.89. The van der Waals surface area contributed by atoms with Gasteiger partial charge in [0.15, 0.2) is 5.16 Å². The third kappa shape index (κ3) is 1.73. The van der Waals surface area contributed by atoms with Gasteiger partial charge in [0.05, 0.1) is 22.4 Å². The Bertz CT molecular complexity index is 450. The molecule has 1 aromatic carbocycles. The van der Waals surface area contributed by atoms with Crippen LogP contribution in [0.1, 0.15) is 6.92 Å². The number of thioether (sulfide) groups is 1. The predicted octanol–water partition coefficient (Wildman–Crippen LogP) is 2.57. The quantitative estimate of drug-likeness (QED) is 0.763. The van der Waals surface area contributed by atoms with Gasteiger partial charge < -0.3 is 4.98 Å². The van der Waals surface area contributed by atoms with E-state index in [1.807, 2.05) is 31.2 Å². The Hall–Kier alpha value is -1.47. The van der Waals surface area contributed by atoms with E-state index in [1.165, 1.54) is 11.8 Å². The number of aromatic amines is 1. The second kappa shape index (κ2) is 3.72. The molecular formula is C10H9N3S. The van der Waals surface area contributed by atoms with Crippen molar-refractivity contribution in [1.82, 2.24) is 9.97 Å². The second-order valence-corrected chi connectivity index (χ2v) is 4.28. The van der Waals surface area contributed by atoms with Crippen LogP contribution in [0.2, 0.25) is 0 Å². The van der Waals surface area contributed by atoms with E-state index in [4.69, 9.17) is 5.26 Å². The third-order valence-corrected chi connectivity index (χ3v) is 2.71. The smallest absolute Gasteiger partial charge is 0.167 e. The summed E-state index contributed by atoms with van der Waals surface area (Å²) in [5.74, 6) is 0. The Morgan fingerprint density at radius 1 is 1.50 bits per heavy atom. The average molecular weight is 203 g/mol. The molecule has 0 bridgehead atoms. The SMILES string of the molecule is CC(C#N)Sc1nc2ccccc2[nH]1. The Morgan fingerprint density at radius 3 is 3.00 bits per heavy atom. The molecule has 0 fully saturated rings. The number of hydrogen-bond donors (Lipinski definition) is 1. The highest BCUT2D eigenvalue weighted by atomic mass is 32.2. The summed E-state index contributed by atoms with van der Waals surface area (Å²) in [5.41, 5.74) is 1.96. The van der Waals surface area contributed by atoms with Crippen molar-refractivity contribution in [3.63, 3.8) is 0 Å². The number of para-hydroxylation sites is 2. The molecule has 0 aliphatic heterocycles. The average Bonchev–Trinajstić information content (AvgIpc) is 2.59. The molecule has 0 radical (unpaired) electrons. The van der Waals surface area contributed by atoms with Crippen molar-refractivity contribution in [3.8, 4) is 6.07 Å². The van der Waals surface area contributed by atoms with Crippen LogP contribution in [-0.2, 0) is 0 Å². The van der Waals surface area contributed by atoms with Crippen molar-refractivity contribution in [2.45, 2.75) is 17.3 Å². The highest BCUT2D eigenvalue weighted by molar-refractivity contribution is 8.00. The second-order valence-electron chi connectivity index (χ2n) is 2.95. The first-order chi connectivity index (χ1) is 6.79. The number of benzene rings is 1. The summed E-state index contributed by atoms with van der Waals surface area (Å²) in [6.45, 7) is 1.86. The summed E-state index contributed by atoms with van der Waals surface area (Å²) in [4.78, 5) is 7.52. The van der Waals surface area contributed by atoms with Crippen molar-refractivity contribution >= 4 is 22.8 Å². The van der Waals surface area contributed by atoms with E-state index in [0.29, 0.717) is 0 Å². The summed E-state index contributed by atoms with van der Waals surface area (Å²) in [6, 6.07) is 10.00. The maximum Gasteiger partial charge on any atom is 0.167 e.